The summed E-state index contributed by atoms with van der Waals surface area (Å²) in [7, 11) is 0. The fourth-order valence-corrected chi connectivity index (χ4v) is 1.83. The second-order valence-electron chi connectivity index (χ2n) is 3.95. The van der Waals surface area contributed by atoms with Crippen molar-refractivity contribution < 1.29 is 9.90 Å². The molecule has 0 saturated heterocycles. The van der Waals surface area contributed by atoms with E-state index in [0.29, 0.717) is 6.54 Å². The van der Waals surface area contributed by atoms with Gasteiger partial charge >= 0.3 is 0 Å². The Hall–Kier alpha value is -0.870. The largest absolute Gasteiger partial charge is 0.391 e. The molecule has 0 aromatic rings. The summed E-state index contributed by atoms with van der Waals surface area (Å²) in [4.78, 5) is 11.4. The molecule has 0 aromatic carbocycles. The molecule has 0 bridgehead atoms. The zero-order chi connectivity index (χ0) is 11.1. The molecule has 0 aromatic heterocycles. The first-order valence-corrected chi connectivity index (χ1v) is 5.53. The molecule has 86 valence electrons. The van der Waals surface area contributed by atoms with Crippen LogP contribution in [0.4, 0.5) is 0 Å². The van der Waals surface area contributed by atoms with Gasteiger partial charge in [-0.1, -0.05) is 18.9 Å². The van der Waals surface area contributed by atoms with Crippen LogP contribution in [0, 0.1) is 0 Å². The van der Waals surface area contributed by atoms with E-state index < -0.39 is 0 Å². The second kappa shape index (κ2) is 6.58. The third kappa shape index (κ3) is 4.44. The number of rotatable bonds is 5. The standard InChI is InChI=1S/C11H20N2O2/c1-2-7-12-8-11(15)13-9-5-3-4-6-10(9)14/h2,9-10,12,14H,1,3-8H2,(H,13,15). The monoisotopic (exact) mass is 212 g/mol. The van der Waals surface area contributed by atoms with Crippen molar-refractivity contribution in [2.45, 2.75) is 37.8 Å². The van der Waals surface area contributed by atoms with Gasteiger partial charge in [-0.3, -0.25) is 4.79 Å². The second-order valence-corrected chi connectivity index (χ2v) is 3.95. The van der Waals surface area contributed by atoms with Crippen molar-refractivity contribution in [3.05, 3.63) is 12.7 Å². The van der Waals surface area contributed by atoms with Gasteiger partial charge in [0, 0.05) is 6.54 Å². The Labute approximate surface area is 90.7 Å². The SMILES string of the molecule is C=CCNCC(=O)NC1CCCCC1O. The van der Waals surface area contributed by atoms with Crippen molar-refractivity contribution in [2.75, 3.05) is 13.1 Å². The summed E-state index contributed by atoms with van der Waals surface area (Å²) in [5, 5.41) is 15.4. The minimum atomic E-state index is -0.373. The van der Waals surface area contributed by atoms with E-state index in [1.165, 1.54) is 0 Å². The summed E-state index contributed by atoms with van der Waals surface area (Å²) in [5.41, 5.74) is 0. The molecule has 1 fully saturated rings. The highest BCUT2D eigenvalue weighted by atomic mass is 16.3. The van der Waals surface area contributed by atoms with Gasteiger partial charge in [0.1, 0.15) is 0 Å². The van der Waals surface area contributed by atoms with Crippen LogP contribution in [0.1, 0.15) is 25.7 Å². The van der Waals surface area contributed by atoms with Crippen LogP contribution in [0.2, 0.25) is 0 Å². The predicted octanol–water partition coefficient (Wildman–Crippen LogP) is 0.182. The van der Waals surface area contributed by atoms with E-state index in [1.807, 2.05) is 0 Å². The van der Waals surface area contributed by atoms with Gasteiger partial charge in [-0.25, -0.2) is 0 Å². The molecule has 2 unspecified atom stereocenters. The molecular formula is C11H20N2O2. The molecule has 4 heteroatoms. The van der Waals surface area contributed by atoms with Crippen molar-refractivity contribution >= 4 is 5.91 Å². The summed E-state index contributed by atoms with van der Waals surface area (Å²) < 4.78 is 0. The minimum Gasteiger partial charge on any atom is -0.391 e. The third-order valence-corrected chi connectivity index (χ3v) is 2.65. The topological polar surface area (TPSA) is 61.4 Å². The molecular weight excluding hydrogens is 192 g/mol. The predicted molar refractivity (Wildman–Crippen MR) is 59.5 cm³/mol. The molecule has 2 atom stereocenters. The number of aliphatic hydroxyl groups is 1. The van der Waals surface area contributed by atoms with Crippen molar-refractivity contribution in [3.8, 4) is 0 Å². The lowest BCUT2D eigenvalue weighted by atomic mass is 9.92. The van der Waals surface area contributed by atoms with E-state index in [0.717, 1.165) is 25.7 Å². The first kappa shape index (κ1) is 12.2. The van der Waals surface area contributed by atoms with Crippen molar-refractivity contribution in [3.63, 3.8) is 0 Å². The summed E-state index contributed by atoms with van der Waals surface area (Å²) in [6.45, 7) is 4.46. The Morgan fingerprint density at radius 3 is 2.87 bits per heavy atom. The van der Waals surface area contributed by atoms with Crippen molar-refractivity contribution in [1.82, 2.24) is 10.6 Å². The van der Waals surface area contributed by atoms with Gasteiger partial charge in [0.15, 0.2) is 0 Å². The van der Waals surface area contributed by atoms with Gasteiger partial charge in [-0.2, -0.15) is 0 Å². The maximum atomic E-state index is 11.4. The number of hydrogen-bond acceptors (Lipinski definition) is 3. The molecule has 0 aliphatic heterocycles. The van der Waals surface area contributed by atoms with Crippen LogP contribution < -0.4 is 10.6 Å². The molecule has 1 rings (SSSR count). The Kier molecular flexibility index (Phi) is 5.36. The fourth-order valence-electron chi connectivity index (χ4n) is 1.83. The minimum absolute atomic E-state index is 0.0530. The molecule has 1 aliphatic rings. The first-order chi connectivity index (χ1) is 7.24. The van der Waals surface area contributed by atoms with Crippen LogP contribution in [-0.4, -0.2) is 36.2 Å². The Morgan fingerprint density at radius 2 is 2.20 bits per heavy atom. The average molecular weight is 212 g/mol. The number of hydrogen-bond donors (Lipinski definition) is 3. The normalized spacial score (nSPS) is 25.9. The van der Waals surface area contributed by atoms with E-state index in [1.54, 1.807) is 6.08 Å². The summed E-state index contributed by atoms with van der Waals surface area (Å²) in [6, 6.07) is -0.0585. The van der Waals surface area contributed by atoms with Crippen LogP contribution in [0.3, 0.4) is 0 Å². The van der Waals surface area contributed by atoms with Gasteiger partial charge in [-0.15, -0.1) is 6.58 Å². The quantitative estimate of drug-likeness (QED) is 0.450. The van der Waals surface area contributed by atoms with Crippen LogP contribution in [0.25, 0.3) is 0 Å². The van der Waals surface area contributed by atoms with Crippen molar-refractivity contribution in [1.29, 1.82) is 0 Å². The van der Waals surface area contributed by atoms with Crippen LogP contribution >= 0.6 is 0 Å². The molecule has 0 heterocycles. The Bertz CT molecular complexity index is 219. The van der Waals surface area contributed by atoms with Crippen molar-refractivity contribution in [2.24, 2.45) is 0 Å². The molecule has 1 saturated carbocycles. The summed E-state index contributed by atoms with van der Waals surface area (Å²) >= 11 is 0. The lowest BCUT2D eigenvalue weighted by Gasteiger charge is -2.28. The van der Waals surface area contributed by atoms with E-state index in [2.05, 4.69) is 17.2 Å². The van der Waals surface area contributed by atoms with E-state index >= 15 is 0 Å². The van der Waals surface area contributed by atoms with Crippen LogP contribution in [0.15, 0.2) is 12.7 Å². The number of aliphatic hydroxyl groups excluding tert-OH is 1. The fraction of sp³-hybridized carbons (Fsp3) is 0.727. The summed E-state index contributed by atoms with van der Waals surface area (Å²) in [5.74, 6) is -0.0530. The van der Waals surface area contributed by atoms with Gasteiger partial charge in [-0.05, 0) is 12.8 Å². The van der Waals surface area contributed by atoms with E-state index in [9.17, 15) is 9.90 Å². The maximum Gasteiger partial charge on any atom is 0.234 e. The van der Waals surface area contributed by atoms with Gasteiger partial charge in [0.2, 0.25) is 5.91 Å². The number of nitrogens with one attached hydrogen (secondary N) is 2. The first-order valence-electron chi connectivity index (χ1n) is 5.53. The zero-order valence-electron chi connectivity index (χ0n) is 9.04. The Morgan fingerprint density at radius 1 is 1.47 bits per heavy atom. The van der Waals surface area contributed by atoms with Gasteiger partial charge in [0.05, 0.1) is 18.7 Å². The highest BCUT2D eigenvalue weighted by molar-refractivity contribution is 5.78. The summed E-state index contributed by atoms with van der Waals surface area (Å²) in [6.07, 6.45) is 5.16. The number of carbonyl (C=O) groups is 1. The lowest BCUT2D eigenvalue weighted by Crippen LogP contribution is -2.47. The van der Waals surface area contributed by atoms with E-state index in [-0.39, 0.29) is 24.6 Å². The molecule has 1 amide bonds. The van der Waals surface area contributed by atoms with Crippen LogP contribution in [0.5, 0.6) is 0 Å². The molecule has 3 N–H and O–H groups in total. The average Bonchev–Trinajstić information content (AvgIpc) is 2.22. The number of amides is 1. The lowest BCUT2D eigenvalue weighted by molar-refractivity contribution is -0.122. The maximum absolute atomic E-state index is 11.4. The zero-order valence-corrected chi connectivity index (χ0v) is 9.04. The Balaban J connectivity index is 2.20. The molecule has 1 aliphatic carbocycles. The highest BCUT2D eigenvalue weighted by Crippen LogP contribution is 2.17. The third-order valence-electron chi connectivity index (χ3n) is 2.65. The smallest absolute Gasteiger partial charge is 0.234 e. The molecule has 4 nitrogen and oxygen atoms in total. The van der Waals surface area contributed by atoms with Crippen LogP contribution in [-0.2, 0) is 4.79 Å². The molecule has 0 radical (unpaired) electrons. The van der Waals surface area contributed by atoms with E-state index in [4.69, 9.17) is 0 Å². The molecule has 15 heavy (non-hydrogen) atoms. The van der Waals surface area contributed by atoms with Gasteiger partial charge < -0.3 is 15.7 Å². The number of carbonyl (C=O) groups excluding carboxylic acids is 1. The highest BCUT2D eigenvalue weighted by Gasteiger charge is 2.23. The van der Waals surface area contributed by atoms with Gasteiger partial charge in [0.25, 0.3) is 0 Å². The molecule has 0 spiro atoms.